The average molecular weight is 341 g/mol. The highest BCUT2D eigenvalue weighted by molar-refractivity contribution is 9.10. The van der Waals surface area contributed by atoms with Crippen molar-refractivity contribution < 1.29 is 4.42 Å². The van der Waals surface area contributed by atoms with Gasteiger partial charge in [0.15, 0.2) is 0 Å². The lowest BCUT2D eigenvalue weighted by Gasteiger charge is -2.11. The van der Waals surface area contributed by atoms with Gasteiger partial charge in [0.1, 0.15) is 10.2 Å². The zero-order chi connectivity index (χ0) is 14.9. The summed E-state index contributed by atoms with van der Waals surface area (Å²) in [4.78, 5) is 16.4. The molecule has 0 aliphatic rings. The highest BCUT2D eigenvalue weighted by atomic mass is 79.9. The molecule has 2 rings (SSSR count). The molecule has 7 heteroatoms. The number of halogens is 1. The van der Waals surface area contributed by atoms with Gasteiger partial charge in [-0.2, -0.15) is 5.10 Å². The van der Waals surface area contributed by atoms with Crippen LogP contribution in [0.2, 0.25) is 0 Å². The Morgan fingerprint density at radius 3 is 2.70 bits per heavy atom. The minimum absolute atomic E-state index is 0.0184. The van der Waals surface area contributed by atoms with E-state index in [1.165, 1.54) is 4.68 Å². The van der Waals surface area contributed by atoms with Crippen LogP contribution in [0.5, 0.6) is 0 Å². The molecule has 2 aromatic heterocycles. The Bertz CT molecular complexity index is 656. The second-order valence-corrected chi connectivity index (χ2v) is 5.61. The lowest BCUT2D eigenvalue weighted by atomic mass is 10.4. The fourth-order valence-corrected chi connectivity index (χ4v) is 2.15. The zero-order valence-corrected chi connectivity index (χ0v) is 13.5. The molecule has 0 unspecified atom stereocenters. The fourth-order valence-electron chi connectivity index (χ4n) is 1.72. The Morgan fingerprint density at radius 2 is 2.15 bits per heavy atom. The Morgan fingerprint density at radius 1 is 1.45 bits per heavy atom. The number of oxazole rings is 1. The van der Waals surface area contributed by atoms with E-state index in [9.17, 15) is 4.79 Å². The average Bonchev–Trinajstić information content (AvgIpc) is 2.70. The van der Waals surface area contributed by atoms with Gasteiger partial charge >= 0.3 is 0 Å². The number of rotatable bonds is 4. The van der Waals surface area contributed by atoms with Crippen molar-refractivity contribution in [3.05, 3.63) is 38.4 Å². The summed E-state index contributed by atoms with van der Waals surface area (Å²) in [5.74, 6) is 1.38. The van der Waals surface area contributed by atoms with Gasteiger partial charge in [0.25, 0.3) is 5.56 Å². The van der Waals surface area contributed by atoms with Crippen LogP contribution in [0.4, 0.5) is 5.69 Å². The first-order chi connectivity index (χ1) is 9.40. The van der Waals surface area contributed by atoms with Crippen LogP contribution in [0.25, 0.3) is 0 Å². The van der Waals surface area contributed by atoms with E-state index in [0.717, 1.165) is 11.5 Å². The molecule has 0 radical (unpaired) electrons. The van der Waals surface area contributed by atoms with Gasteiger partial charge in [-0.05, 0) is 43.6 Å². The van der Waals surface area contributed by atoms with Gasteiger partial charge in [0.2, 0.25) is 5.89 Å². The van der Waals surface area contributed by atoms with Crippen molar-refractivity contribution >= 4 is 21.6 Å². The molecule has 20 heavy (non-hydrogen) atoms. The molecule has 1 N–H and O–H groups in total. The van der Waals surface area contributed by atoms with Gasteiger partial charge in [-0.15, -0.1) is 0 Å². The van der Waals surface area contributed by atoms with Gasteiger partial charge in [-0.3, -0.25) is 4.79 Å². The maximum absolute atomic E-state index is 12.1. The van der Waals surface area contributed by atoms with E-state index in [4.69, 9.17) is 4.42 Å². The zero-order valence-electron chi connectivity index (χ0n) is 11.9. The number of nitrogens with one attached hydrogen (secondary N) is 1. The molecule has 6 nitrogen and oxygen atoms in total. The van der Waals surface area contributed by atoms with E-state index in [0.29, 0.717) is 22.6 Å². The minimum Gasteiger partial charge on any atom is -0.444 e. The van der Waals surface area contributed by atoms with E-state index >= 15 is 0 Å². The van der Waals surface area contributed by atoms with E-state index in [1.54, 1.807) is 6.20 Å². The number of aromatic nitrogens is 3. The molecule has 0 amide bonds. The molecule has 108 valence electrons. The predicted molar refractivity (Wildman–Crippen MR) is 79.9 cm³/mol. The van der Waals surface area contributed by atoms with E-state index in [2.05, 4.69) is 31.3 Å². The van der Waals surface area contributed by atoms with Crippen molar-refractivity contribution in [2.45, 2.75) is 40.3 Å². The molecule has 0 atom stereocenters. The van der Waals surface area contributed by atoms with Crippen LogP contribution in [0, 0.1) is 13.8 Å². The predicted octanol–water partition coefficient (Wildman–Crippen LogP) is 2.80. The Labute approximate surface area is 125 Å². The van der Waals surface area contributed by atoms with Crippen LogP contribution >= 0.6 is 15.9 Å². The Hall–Kier alpha value is -1.63. The van der Waals surface area contributed by atoms with Crippen molar-refractivity contribution in [3.8, 4) is 0 Å². The summed E-state index contributed by atoms with van der Waals surface area (Å²) in [6, 6.07) is 0.0184. The maximum atomic E-state index is 12.1. The third-order valence-electron chi connectivity index (χ3n) is 2.94. The fraction of sp³-hybridized carbons (Fsp3) is 0.462. The molecule has 0 spiro atoms. The second kappa shape index (κ2) is 5.78. The lowest BCUT2D eigenvalue weighted by molar-refractivity contribution is 0.477. The molecular formula is C13H17BrN4O2. The summed E-state index contributed by atoms with van der Waals surface area (Å²) in [7, 11) is 0. The SMILES string of the molecule is Cc1nc(CNc2cnn(C(C)C)c(=O)c2Br)oc1C. The van der Waals surface area contributed by atoms with Crippen molar-refractivity contribution in [3.63, 3.8) is 0 Å². The molecule has 0 aromatic carbocycles. The van der Waals surface area contributed by atoms with Crippen molar-refractivity contribution in [1.82, 2.24) is 14.8 Å². The van der Waals surface area contributed by atoms with Crippen molar-refractivity contribution in [2.75, 3.05) is 5.32 Å². The van der Waals surface area contributed by atoms with Crippen molar-refractivity contribution in [1.29, 1.82) is 0 Å². The first-order valence-electron chi connectivity index (χ1n) is 6.34. The van der Waals surface area contributed by atoms with E-state index in [1.807, 2.05) is 27.7 Å². The Kier molecular flexibility index (Phi) is 4.27. The quantitative estimate of drug-likeness (QED) is 0.926. The summed E-state index contributed by atoms with van der Waals surface area (Å²) in [5, 5.41) is 7.23. The third kappa shape index (κ3) is 2.92. The minimum atomic E-state index is -0.162. The van der Waals surface area contributed by atoms with E-state index in [-0.39, 0.29) is 11.6 Å². The highest BCUT2D eigenvalue weighted by Gasteiger charge is 2.12. The number of hydrogen-bond donors (Lipinski definition) is 1. The summed E-state index contributed by atoms with van der Waals surface area (Å²) in [6.45, 7) is 7.98. The maximum Gasteiger partial charge on any atom is 0.283 e. The van der Waals surface area contributed by atoms with Gasteiger partial charge in [0, 0.05) is 0 Å². The third-order valence-corrected chi connectivity index (χ3v) is 3.70. The molecule has 0 aliphatic carbocycles. The van der Waals surface area contributed by atoms with Crippen LogP contribution in [0.1, 0.15) is 37.2 Å². The smallest absolute Gasteiger partial charge is 0.283 e. The first kappa shape index (κ1) is 14.8. The van der Waals surface area contributed by atoms with Crippen LogP contribution < -0.4 is 10.9 Å². The topological polar surface area (TPSA) is 73.0 Å². The summed E-state index contributed by atoms with van der Waals surface area (Å²) >= 11 is 3.31. The van der Waals surface area contributed by atoms with Crippen LogP contribution in [0.3, 0.4) is 0 Å². The summed E-state index contributed by atoms with van der Waals surface area (Å²) < 4.78 is 7.36. The molecule has 0 saturated heterocycles. The molecule has 0 bridgehead atoms. The highest BCUT2D eigenvalue weighted by Crippen LogP contribution is 2.18. The molecule has 0 aliphatic heterocycles. The van der Waals surface area contributed by atoms with Gasteiger partial charge in [-0.25, -0.2) is 9.67 Å². The van der Waals surface area contributed by atoms with Gasteiger partial charge in [0.05, 0.1) is 30.2 Å². The molecule has 2 heterocycles. The number of anilines is 1. The second-order valence-electron chi connectivity index (χ2n) is 4.82. The number of hydrogen-bond acceptors (Lipinski definition) is 5. The standard InChI is InChI=1S/C13H17BrN4O2/c1-7(2)18-13(19)12(14)10(5-16-18)15-6-11-17-8(3)9(4)20-11/h5,7,15H,6H2,1-4H3. The normalized spacial score (nSPS) is 11.1. The van der Waals surface area contributed by atoms with Gasteiger partial charge < -0.3 is 9.73 Å². The molecule has 0 fully saturated rings. The molecule has 2 aromatic rings. The van der Waals surface area contributed by atoms with Crippen molar-refractivity contribution in [2.24, 2.45) is 0 Å². The van der Waals surface area contributed by atoms with Crippen LogP contribution in [-0.2, 0) is 6.54 Å². The molecule has 0 saturated carbocycles. The summed E-state index contributed by atoms with van der Waals surface area (Å²) in [6.07, 6.45) is 1.62. The monoisotopic (exact) mass is 340 g/mol. The largest absolute Gasteiger partial charge is 0.444 e. The van der Waals surface area contributed by atoms with Gasteiger partial charge in [-0.1, -0.05) is 0 Å². The van der Waals surface area contributed by atoms with Crippen LogP contribution in [-0.4, -0.2) is 14.8 Å². The van der Waals surface area contributed by atoms with E-state index < -0.39 is 0 Å². The number of nitrogens with zero attached hydrogens (tertiary/aromatic N) is 3. The van der Waals surface area contributed by atoms with Crippen LogP contribution in [0.15, 0.2) is 19.9 Å². The Balaban J connectivity index is 2.18. The lowest BCUT2D eigenvalue weighted by Crippen LogP contribution is -2.26. The summed E-state index contributed by atoms with van der Waals surface area (Å²) in [5.41, 5.74) is 1.33. The first-order valence-corrected chi connectivity index (χ1v) is 7.13. The molecular weight excluding hydrogens is 324 g/mol. The number of aryl methyl sites for hydroxylation is 2.